The zero-order chi connectivity index (χ0) is 13.1. The lowest BCUT2D eigenvalue weighted by Crippen LogP contribution is -2.41. The normalized spacial score (nSPS) is 11.0. The number of rotatable bonds is 3. The van der Waals surface area contributed by atoms with E-state index in [4.69, 9.17) is 0 Å². The van der Waals surface area contributed by atoms with Gasteiger partial charge in [-0.25, -0.2) is 23.0 Å². The van der Waals surface area contributed by atoms with Crippen LogP contribution in [-0.4, -0.2) is 21.6 Å². The summed E-state index contributed by atoms with van der Waals surface area (Å²) in [5, 5.41) is 0. The van der Waals surface area contributed by atoms with Gasteiger partial charge in [-0.3, -0.25) is 0 Å². The third kappa shape index (κ3) is 3.40. The number of methoxy groups -OCH3 is 1. The molecule has 6 nitrogen and oxygen atoms in total. The molecule has 1 aromatic carbocycles. The number of aryl methyl sites for hydroxylation is 1. The Bertz CT molecular complexity index is 530. The molecule has 94 valence electrons. The van der Waals surface area contributed by atoms with Crippen molar-refractivity contribution in [2.45, 2.75) is 11.8 Å². The molecule has 0 bridgehead atoms. The number of hydrazine groups is 1. The van der Waals surface area contributed by atoms with Gasteiger partial charge in [0.1, 0.15) is 5.82 Å². The van der Waals surface area contributed by atoms with Crippen LogP contribution in [0.5, 0.6) is 0 Å². The van der Waals surface area contributed by atoms with Crippen LogP contribution in [0.2, 0.25) is 0 Å². The van der Waals surface area contributed by atoms with E-state index in [0.717, 1.165) is 13.2 Å². The number of carbonyl (C=O) groups excluding carboxylic acids is 1. The molecule has 17 heavy (non-hydrogen) atoms. The highest BCUT2D eigenvalue weighted by atomic mass is 32.2. The van der Waals surface area contributed by atoms with Crippen molar-refractivity contribution < 1.29 is 22.3 Å². The maximum absolute atomic E-state index is 13.2. The van der Waals surface area contributed by atoms with E-state index in [1.165, 1.54) is 19.1 Å². The fourth-order valence-corrected chi connectivity index (χ4v) is 1.80. The Kier molecular flexibility index (Phi) is 4.02. The standard InChI is InChI=1S/C9H11FN2O4S/c1-6-3-4-7(5-8(6)10)17(14,15)12-11-9(13)16-2/h3-5,12H,1-2H3,(H,11,13). The Morgan fingerprint density at radius 2 is 2.06 bits per heavy atom. The largest absolute Gasteiger partial charge is 0.452 e. The second kappa shape index (κ2) is 5.11. The number of carbonyl (C=O) groups is 1. The average molecular weight is 262 g/mol. The van der Waals surface area contributed by atoms with Gasteiger partial charge in [0.2, 0.25) is 0 Å². The van der Waals surface area contributed by atoms with Crippen molar-refractivity contribution in [2.24, 2.45) is 0 Å². The molecule has 0 aromatic heterocycles. The van der Waals surface area contributed by atoms with Crippen LogP contribution in [0.3, 0.4) is 0 Å². The number of ether oxygens (including phenoxy) is 1. The van der Waals surface area contributed by atoms with Crippen LogP contribution in [0, 0.1) is 12.7 Å². The quantitative estimate of drug-likeness (QED) is 0.785. The van der Waals surface area contributed by atoms with Crippen LogP contribution >= 0.6 is 0 Å². The number of benzene rings is 1. The SMILES string of the molecule is COC(=O)NNS(=O)(=O)c1ccc(C)c(F)c1. The Morgan fingerprint density at radius 1 is 1.41 bits per heavy atom. The van der Waals surface area contributed by atoms with Crippen molar-refractivity contribution in [1.82, 2.24) is 10.3 Å². The van der Waals surface area contributed by atoms with E-state index in [1.54, 1.807) is 10.3 Å². The van der Waals surface area contributed by atoms with E-state index in [9.17, 15) is 17.6 Å². The van der Waals surface area contributed by atoms with Crippen LogP contribution in [0.15, 0.2) is 23.1 Å². The minimum absolute atomic E-state index is 0.294. The fourth-order valence-electron chi connectivity index (χ4n) is 0.960. The summed E-state index contributed by atoms with van der Waals surface area (Å²) >= 11 is 0. The van der Waals surface area contributed by atoms with Gasteiger partial charge >= 0.3 is 6.09 Å². The molecule has 0 saturated heterocycles. The average Bonchev–Trinajstić information content (AvgIpc) is 2.29. The summed E-state index contributed by atoms with van der Waals surface area (Å²) in [4.78, 5) is 12.1. The molecule has 0 unspecified atom stereocenters. The molecule has 1 amide bonds. The summed E-state index contributed by atoms with van der Waals surface area (Å²) in [5.74, 6) is -0.647. The molecule has 0 spiro atoms. The number of amides is 1. The predicted octanol–water partition coefficient (Wildman–Crippen LogP) is 0.683. The smallest absolute Gasteiger partial charge is 0.422 e. The van der Waals surface area contributed by atoms with Crippen molar-refractivity contribution >= 4 is 16.1 Å². The fraction of sp³-hybridized carbons (Fsp3) is 0.222. The van der Waals surface area contributed by atoms with Crippen LogP contribution < -0.4 is 10.3 Å². The van der Waals surface area contributed by atoms with Gasteiger partial charge in [-0.1, -0.05) is 6.07 Å². The van der Waals surface area contributed by atoms with Crippen molar-refractivity contribution in [3.8, 4) is 0 Å². The second-order valence-electron chi connectivity index (χ2n) is 3.13. The lowest BCUT2D eigenvalue weighted by molar-refractivity contribution is 0.169. The first kappa shape index (κ1) is 13.4. The van der Waals surface area contributed by atoms with E-state index >= 15 is 0 Å². The highest BCUT2D eigenvalue weighted by Gasteiger charge is 2.16. The first-order valence-corrected chi connectivity index (χ1v) is 5.97. The van der Waals surface area contributed by atoms with E-state index < -0.39 is 21.9 Å². The van der Waals surface area contributed by atoms with Gasteiger partial charge in [-0.2, -0.15) is 0 Å². The zero-order valence-corrected chi connectivity index (χ0v) is 9.97. The number of sulfonamides is 1. The minimum atomic E-state index is -4.01. The first-order chi connectivity index (χ1) is 7.86. The van der Waals surface area contributed by atoms with E-state index in [-0.39, 0.29) is 4.90 Å². The second-order valence-corrected chi connectivity index (χ2v) is 4.82. The van der Waals surface area contributed by atoms with Crippen LogP contribution in [-0.2, 0) is 14.8 Å². The summed E-state index contributed by atoms with van der Waals surface area (Å²) in [6.45, 7) is 1.51. The maximum Gasteiger partial charge on any atom is 0.422 e. The Balaban J connectivity index is 2.90. The topological polar surface area (TPSA) is 84.5 Å². The van der Waals surface area contributed by atoms with Gasteiger partial charge in [0.15, 0.2) is 0 Å². The minimum Gasteiger partial charge on any atom is -0.452 e. The number of halogens is 1. The number of hydrogen-bond donors (Lipinski definition) is 2. The van der Waals surface area contributed by atoms with Gasteiger partial charge < -0.3 is 4.74 Å². The molecule has 0 aliphatic heterocycles. The monoisotopic (exact) mass is 262 g/mol. The molecule has 0 atom stereocenters. The first-order valence-electron chi connectivity index (χ1n) is 4.49. The van der Waals surface area contributed by atoms with Crippen molar-refractivity contribution in [3.05, 3.63) is 29.6 Å². The van der Waals surface area contributed by atoms with Crippen LogP contribution in [0.1, 0.15) is 5.56 Å². The van der Waals surface area contributed by atoms with Gasteiger partial charge in [0.05, 0.1) is 12.0 Å². The van der Waals surface area contributed by atoms with Gasteiger partial charge in [0.25, 0.3) is 10.0 Å². The molecule has 0 radical (unpaired) electrons. The molecular weight excluding hydrogens is 251 g/mol. The van der Waals surface area contributed by atoms with Crippen molar-refractivity contribution in [3.63, 3.8) is 0 Å². The highest BCUT2D eigenvalue weighted by Crippen LogP contribution is 2.13. The zero-order valence-electron chi connectivity index (χ0n) is 9.15. The summed E-state index contributed by atoms with van der Waals surface area (Å²) in [6.07, 6.45) is -0.971. The highest BCUT2D eigenvalue weighted by molar-refractivity contribution is 7.89. The third-order valence-electron chi connectivity index (χ3n) is 1.93. The van der Waals surface area contributed by atoms with Gasteiger partial charge in [0, 0.05) is 0 Å². The summed E-state index contributed by atoms with van der Waals surface area (Å²) in [5.41, 5.74) is 2.11. The van der Waals surface area contributed by atoms with E-state index in [2.05, 4.69) is 4.74 Å². The molecule has 8 heteroatoms. The van der Waals surface area contributed by atoms with E-state index in [1.807, 2.05) is 0 Å². The molecule has 2 N–H and O–H groups in total. The lowest BCUT2D eigenvalue weighted by atomic mass is 10.2. The van der Waals surface area contributed by atoms with Crippen LogP contribution in [0.25, 0.3) is 0 Å². The summed E-state index contributed by atoms with van der Waals surface area (Å²) < 4.78 is 40.5. The van der Waals surface area contributed by atoms with Crippen LogP contribution in [0.4, 0.5) is 9.18 Å². The van der Waals surface area contributed by atoms with Crippen molar-refractivity contribution in [2.75, 3.05) is 7.11 Å². The molecule has 0 saturated carbocycles. The maximum atomic E-state index is 13.2. The molecule has 1 aromatic rings. The predicted molar refractivity (Wildman–Crippen MR) is 57.0 cm³/mol. The molecule has 0 fully saturated rings. The molecule has 0 aliphatic carbocycles. The van der Waals surface area contributed by atoms with E-state index in [0.29, 0.717) is 5.56 Å². The summed E-state index contributed by atoms with van der Waals surface area (Å²) in [7, 11) is -2.93. The van der Waals surface area contributed by atoms with Crippen molar-refractivity contribution in [1.29, 1.82) is 0 Å². The number of nitrogens with one attached hydrogen (secondary N) is 2. The molecule has 0 aliphatic rings. The Labute approximate surface area is 97.8 Å². The molecule has 1 rings (SSSR count). The van der Waals surface area contributed by atoms with Gasteiger partial charge in [-0.05, 0) is 24.6 Å². The lowest BCUT2D eigenvalue weighted by Gasteiger charge is -2.07. The Morgan fingerprint density at radius 3 is 2.59 bits per heavy atom. The number of hydrogen-bond acceptors (Lipinski definition) is 4. The summed E-state index contributed by atoms with van der Waals surface area (Å²) in [6, 6.07) is 3.40. The third-order valence-corrected chi connectivity index (χ3v) is 3.17. The molecule has 0 heterocycles. The Hall–Kier alpha value is -1.67. The van der Waals surface area contributed by atoms with Gasteiger partial charge in [-0.15, -0.1) is 4.83 Å². The molecular formula is C9H11FN2O4S.